The van der Waals surface area contributed by atoms with Crippen molar-refractivity contribution in [2.75, 3.05) is 13.1 Å². The Hall–Kier alpha value is -3.69. The zero-order valence-corrected chi connectivity index (χ0v) is 21.4. The summed E-state index contributed by atoms with van der Waals surface area (Å²) in [6.45, 7) is 9.37. The average Bonchev–Trinajstić information content (AvgIpc) is 3.30. The van der Waals surface area contributed by atoms with Crippen LogP contribution in [-0.2, 0) is 16.1 Å². The number of aryl methyl sites for hydroxylation is 1. The zero-order valence-electron chi connectivity index (χ0n) is 21.4. The van der Waals surface area contributed by atoms with Gasteiger partial charge in [0.2, 0.25) is 0 Å². The Morgan fingerprint density at radius 3 is 2.03 bits per heavy atom. The molecule has 38 heavy (non-hydrogen) atoms. The Morgan fingerprint density at radius 2 is 1.50 bits per heavy atom. The minimum atomic E-state index is -5.08. The summed E-state index contributed by atoms with van der Waals surface area (Å²) in [7, 11) is 0. The maximum Gasteiger partial charge on any atom is 0.490 e. The number of rotatable bonds is 4. The number of carbonyl (C=O) groups is 1. The van der Waals surface area contributed by atoms with Crippen molar-refractivity contribution in [2.45, 2.75) is 45.7 Å². The second kappa shape index (κ2) is 11.4. The second-order valence-corrected chi connectivity index (χ2v) is 9.59. The van der Waals surface area contributed by atoms with E-state index >= 15 is 0 Å². The summed E-state index contributed by atoms with van der Waals surface area (Å²) >= 11 is 0. The van der Waals surface area contributed by atoms with Gasteiger partial charge in [0.1, 0.15) is 5.82 Å². The van der Waals surface area contributed by atoms with E-state index in [-0.39, 0.29) is 0 Å². The van der Waals surface area contributed by atoms with Gasteiger partial charge in [-0.25, -0.2) is 9.78 Å². The molecule has 2 atom stereocenters. The average molecular weight is 526 g/mol. The van der Waals surface area contributed by atoms with Crippen molar-refractivity contribution in [3.63, 3.8) is 0 Å². The molecule has 1 aliphatic heterocycles. The van der Waals surface area contributed by atoms with Crippen molar-refractivity contribution in [3.8, 4) is 22.5 Å². The molecule has 2 N–H and O–H groups in total. The molecule has 0 amide bonds. The molecule has 0 saturated carbocycles. The lowest BCUT2D eigenvalue weighted by Crippen LogP contribution is -2.44. The molecule has 1 fully saturated rings. The number of morpholine rings is 1. The van der Waals surface area contributed by atoms with Crippen molar-refractivity contribution in [3.05, 3.63) is 77.9 Å². The van der Waals surface area contributed by atoms with E-state index in [0.717, 1.165) is 42.1 Å². The third kappa shape index (κ3) is 6.79. The van der Waals surface area contributed by atoms with E-state index < -0.39 is 12.1 Å². The van der Waals surface area contributed by atoms with Crippen LogP contribution in [0, 0.1) is 6.92 Å². The van der Waals surface area contributed by atoms with Crippen molar-refractivity contribution < 1.29 is 27.8 Å². The molecule has 1 aliphatic rings. The molecule has 200 valence electrons. The highest BCUT2D eigenvalue weighted by Crippen LogP contribution is 2.26. The number of halogens is 3. The molecule has 1 aromatic heterocycles. The lowest BCUT2D eigenvalue weighted by Gasteiger charge is -2.35. The third-order valence-corrected chi connectivity index (χ3v) is 6.30. The number of hydrogen-bond donors (Lipinski definition) is 2. The van der Waals surface area contributed by atoms with E-state index in [9.17, 15) is 13.2 Å². The predicted octanol–water partition coefficient (Wildman–Crippen LogP) is 6.45. The lowest BCUT2D eigenvalue weighted by atomic mass is 10.0. The topological polar surface area (TPSA) is 78.5 Å². The van der Waals surface area contributed by atoms with Gasteiger partial charge in [-0.05, 0) is 49.1 Å². The molecule has 1 saturated heterocycles. The number of aromatic nitrogens is 2. The Labute approximate surface area is 219 Å². The Morgan fingerprint density at radius 1 is 0.974 bits per heavy atom. The van der Waals surface area contributed by atoms with Gasteiger partial charge < -0.3 is 14.8 Å². The highest BCUT2D eigenvalue weighted by atomic mass is 19.4. The van der Waals surface area contributed by atoms with E-state index in [0.29, 0.717) is 12.2 Å². The van der Waals surface area contributed by atoms with Crippen molar-refractivity contribution in [2.24, 2.45) is 0 Å². The number of hydrogen-bond acceptors (Lipinski definition) is 4. The van der Waals surface area contributed by atoms with Crippen LogP contribution in [-0.4, -0.2) is 57.4 Å². The van der Waals surface area contributed by atoms with Crippen LogP contribution in [0.5, 0.6) is 0 Å². The molecule has 0 radical (unpaired) electrons. The number of fused-ring (bicyclic) bond motifs is 1. The highest BCUT2D eigenvalue weighted by Gasteiger charge is 2.38. The van der Waals surface area contributed by atoms with E-state index in [1.54, 1.807) is 0 Å². The van der Waals surface area contributed by atoms with Crippen LogP contribution in [0.1, 0.15) is 25.0 Å². The van der Waals surface area contributed by atoms with Crippen LogP contribution in [0.3, 0.4) is 0 Å². The van der Waals surface area contributed by atoms with Crippen molar-refractivity contribution >= 4 is 17.0 Å². The molecule has 3 aromatic carbocycles. The van der Waals surface area contributed by atoms with Gasteiger partial charge in [0, 0.05) is 25.2 Å². The number of imidazole rings is 1. The fraction of sp³-hybridized carbons (Fsp3) is 0.310. The lowest BCUT2D eigenvalue weighted by molar-refractivity contribution is -0.192. The maximum absolute atomic E-state index is 10.6. The summed E-state index contributed by atoms with van der Waals surface area (Å²) in [4.78, 5) is 19.6. The van der Waals surface area contributed by atoms with Gasteiger partial charge in [-0.3, -0.25) is 4.90 Å². The number of H-pyrrole nitrogens is 1. The predicted molar refractivity (Wildman–Crippen MR) is 141 cm³/mol. The molecule has 2 heterocycles. The van der Waals surface area contributed by atoms with E-state index in [1.165, 1.54) is 22.3 Å². The minimum Gasteiger partial charge on any atom is -0.475 e. The van der Waals surface area contributed by atoms with E-state index in [1.807, 2.05) is 0 Å². The van der Waals surface area contributed by atoms with Crippen LogP contribution in [0.4, 0.5) is 13.2 Å². The third-order valence-electron chi connectivity index (χ3n) is 6.30. The van der Waals surface area contributed by atoms with Crippen LogP contribution in [0.2, 0.25) is 0 Å². The monoisotopic (exact) mass is 525 g/mol. The van der Waals surface area contributed by atoms with Crippen LogP contribution < -0.4 is 0 Å². The number of benzene rings is 3. The van der Waals surface area contributed by atoms with Crippen molar-refractivity contribution in [1.29, 1.82) is 0 Å². The number of nitrogens with one attached hydrogen (secondary N) is 1. The molecular formula is C29H30F3N3O3. The zero-order chi connectivity index (χ0) is 27.4. The van der Waals surface area contributed by atoms with Crippen molar-refractivity contribution in [1.82, 2.24) is 14.9 Å². The summed E-state index contributed by atoms with van der Waals surface area (Å²) in [5, 5.41) is 7.12. The summed E-state index contributed by atoms with van der Waals surface area (Å²) in [6, 6.07) is 23.8. The summed E-state index contributed by atoms with van der Waals surface area (Å²) in [6.07, 6.45) is -4.48. The number of nitrogens with zero attached hydrogens (tertiary/aromatic N) is 2. The smallest absolute Gasteiger partial charge is 0.475 e. The van der Waals surface area contributed by atoms with Gasteiger partial charge in [-0.15, -0.1) is 0 Å². The number of carboxylic acid groups (broad SMARTS) is 1. The van der Waals surface area contributed by atoms with E-state index in [4.69, 9.17) is 19.6 Å². The number of ether oxygens (including phenoxy) is 1. The van der Waals surface area contributed by atoms with Gasteiger partial charge in [-0.2, -0.15) is 13.2 Å². The molecule has 4 aromatic rings. The van der Waals surface area contributed by atoms with Gasteiger partial charge >= 0.3 is 12.1 Å². The first kappa shape index (κ1) is 27.3. The van der Waals surface area contributed by atoms with Gasteiger partial charge in [0.05, 0.1) is 23.2 Å². The first-order chi connectivity index (χ1) is 18.0. The van der Waals surface area contributed by atoms with Gasteiger partial charge in [0.25, 0.3) is 0 Å². The number of aliphatic carboxylic acids is 1. The molecule has 6 nitrogen and oxygen atoms in total. The standard InChI is InChI=1S/C27H29N3O.C2HF3O2/c1-18-5-4-6-25-26(18)29-27(28-25)24-13-11-23(12-14-24)22-9-7-21(8-10-22)17-30-15-19(2)31-20(3)16-30;3-2(4,5)1(6)7/h4-14,19-20H,15-17H2,1-3H3,(H,28,29);(H,6,7). The fourth-order valence-electron chi connectivity index (χ4n) is 4.61. The Kier molecular flexibility index (Phi) is 8.18. The highest BCUT2D eigenvalue weighted by molar-refractivity contribution is 5.82. The van der Waals surface area contributed by atoms with Crippen LogP contribution in [0.25, 0.3) is 33.5 Å². The number of para-hydroxylation sites is 1. The first-order valence-electron chi connectivity index (χ1n) is 12.3. The summed E-state index contributed by atoms with van der Waals surface area (Å²) in [5.74, 6) is -1.84. The van der Waals surface area contributed by atoms with Gasteiger partial charge in [-0.1, -0.05) is 60.7 Å². The molecule has 0 spiro atoms. The quantitative estimate of drug-likeness (QED) is 0.320. The van der Waals surface area contributed by atoms with E-state index in [2.05, 4.69) is 97.4 Å². The minimum absolute atomic E-state index is 0.303. The summed E-state index contributed by atoms with van der Waals surface area (Å²) in [5.41, 5.74) is 8.22. The molecule has 5 rings (SSSR count). The Balaban J connectivity index is 0.000000426. The fourth-order valence-corrected chi connectivity index (χ4v) is 4.61. The van der Waals surface area contributed by atoms with Crippen LogP contribution >= 0.6 is 0 Å². The van der Waals surface area contributed by atoms with Crippen LogP contribution in [0.15, 0.2) is 66.7 Å². The first-order valence-corrected chi connectivity index (χ1v) is 12.3. The second-order valence-electron chi connectivity index (χ2n) is 9.59. The molecular weight excluding hydrogens is 495 g/mol. The van der Waals surface area contributed by atoms with Gasteiger partial charge in [0.15, 0.2) is 0 Å². The number of carboxylic acids is 1. The molecule has 2 unspecified atom stereocenters. The SMILES string of the molecule is Cc1cccc2[nH]c(-c3ccc(-c4ccc(CN5CC(C)OC(C)C5)cc4)cc3)nc12.O=C(O)C(F)(F)F. The molecule has 9 heteroatoms. The molecule has 0 aliphatic carbocycles. The number of aromatic amines is 1. The maximum atomic E-state index is 10.6. The summed E-state index contributed by atoms with van der Waals surface area (Å²) < 4.78 is 37.6. The number of alkyl halides is 3. The normalized spacial score (nSPS) is 18.2. The largest absolute Gasteiger partial charge is 0.490 e. The molecule has 0 bridgehead atoms. The Bertz CT molecular complexity index is 1370.